The number of rotatable bonds is 6. The van der Waals surface area contributed by atoms with Crippen LogP contribution >= 0.6 is 0 Å². The molecule has 3 aromatic rings. The Hall–Kier alpha value is -3.15. The number of ether oxygens (including phenoxy) is 1. The van der Waals surface area contributed by atoms with Crippen LogP contribution in [0, 0.1) is 0 Å². The summed E-state index contributed by atoms with van der Waals surface area (Å²) in [5.41, 5.74) is 3.11. The Bertz CT molecular complexity index is 816. The van der Waals surface area contributed by atoms with E-state index in [0.717, 1.165) is 17.1 Å². The lowest BCUT2D eigenvalue weighted by Gasteiger charge is -2.09. The van der Waals surface area contributed by atoms with Crippen molar-refractivity contribution < 1.29 is 4.74 Å². The lowest BCUT2D eigenvalue weighted by molar-refractivity contribution is 0.415. The summed E-state index contributed by atoms with van der Waals surface area (Å²) in [7, 11) is 1.64. The van der Waals surface area contributed by atoms with Gasteiger partial charge in [-0.25, -0.2) is 0 Å². The summed E-state index contributed by atoms with van der Waals surface area (Å²) >= 11 is 0. The summed E-state index contributed by atoms with van der Waals surface area (Å²) in [6.45, 7) is 4.34. The molecule has 0 bridgehead atoms. The van der Waals surface area contributed by atoms with Crippen molar-refractivity contribution in [3.05, 3.63) is 60.3 Å². The molecule has 0 fully saturated rings. The highest BCUT2D eigenvalue weighted by molar-refractivity contribution is 5.59. The Balaban J connectivity index is 1.70. The van der Waals surface area contributed by atoms with Gasteiger partial charge in [0.15, 0.2) is 5.82 Å². The van der Waals surface area contributed by atoms with Gasteiger partial charge >= 0.3 is 0 Å². The maximum atomic E-state index is 5.15. The zero-order chi connectivity index (χ0) is 17.6. The number of nitrogens with zero attached hydrogens (tertiary/aromatic N) is 3. The van der Waals surface area contributed by atoms with E-state index in [-0.39, 0.29) is 0 Å². The summed E-state index contributed by atoms with van der Waals surface area (Å²) in [6, 6.07) is 15.8. The van der Waals surface area contributed by atoms with E-state index >= 15 is 0 Å². The van der Waals surface area contributed by atoms with Crippen LogP contribution in [-0.2, 0) is 0 Å². The van der Waals surface area contributed by atoms with Gasteiger partial charge < -0.3 is 15.4 Å². The normalized spacial score (nSPS) is 10.6. The van der Waals surface area contributed by atoms with Crippen LogP contribution in [-0.4, -0.2) is 22.3 Å². The molecule has 0 aliphatic carbocycles. The van der Waals surface area contributed by atoms with Gasteiger partial charge in [0, 0.05) is 11.4 Å². The first-order valence-electron chi connectivity index (χ1n) is 8.12. The van der Waals surface area contributed by atoms with Crippen LogP contribution in [0.4, 0.5) is 23.1 Å². The van der Waals surface area contributed by atoms with Crippen molar-refractivity contribution in [2.75, 3.05) is 17.7 Å². The third-order valence-electron chi connectivity index (χ3n) is 3.75. The van der Waals surface area contributed by atoms with Crippen molar-refractivity contribution in [3.8, 4) is 5.75 Å². The first kappa shape index (κ1) is 16.7. The van der Waals surface area contributed by atoms with Crippen LogP contribution in [0.1, 0.15) is 25.3 Å². The quantitative estimate of drug-likeness (QED) is 0.691. The Morgan fingerprint density at radius 1 is 0.880 bits per heavy atom. The number of hydrogen-bond acceptors (Lipinski definition) is 6. The molecule has 1 aromatic heterocycles. The molecule has 0 amide bonds. The monoisotopic (exact) mass is 335 g/mol. The number of aromatic nitrogens is 3. The molecule has 0 atom stereocenters. The van der Waals surface area contributed by atoms with Gasteiger partial charge in [-0.3, -0.25) is 0 Å². The van der Waals surface area contributed by atoms with Gasteiger partial charge in [0.2, 0.25) is 5.95 Å². The molecule has 1 heterocycles. The standard InChI is InChI=1S/C19H21N5O/c1-13(2)14-4-6-16(7-5-14)22-19-23-18(12-20-24-19)21-15-8-10-17(25-3)11-9-15/h4-13H,1-3H3,(H2,21,22,23,24). The van der Waals surface area contributed by atoms with Crippen molar-refractivity contribution in [2.24, 2.45) is 0 Å². The Morgan fingerprint density at radius 2 is 1.52 bits per heavy atom. The van der Waals surface area contributed by atoms with Crippen molar-refractivity contribution in [3.63, 3.8) is 0 Å². The van der Waals surface area contributed by atoms with Crippen molar-refractivity contribution in [2.45, 2.75) is 19.8 Å². The van der Waals surface area contributed by atoms with Crippen LogP contribution in [0.3, 0.4) is 0 Å². The van der Waals surface area contributed by atoms with Gasteiger partial charge in [0.25, 0.3) is 0 Å². The van der Waals surface area contributed by atoms with Crippen molar-refractivity contribution >= 4 is 23.1 Å². The summed E-state index contributed by atoms with van der Waals surface area (Å²) in [4.78, 5) is 4.44. The lowest BCUT2D eigenvalue weighted by atomic mass is 10.0. The average molecular weight is 335 g/mol. The van der Waals surface area contributed by atoms with Crippen LogP contribution in [0.2, 0.25) is 0 Å². The van der Waals surface area contributed by atoms with Crippen LogP contribution in [0.25, 0.3) is 0 Å². The molecule has 0 unspecified atom stereocenters. The van der Waals surface area contributed by atoms with Gasteiger partial charge in [0.05, 0.1) is 13.3 Å². The van der Waals surface area contributed by atoms with E-state index in [2.05, 4.69) is 51.8 Å². The average Bonchev–Trinajstić information content (AvgIpc) is 2.63. The van der Waals surface area contributed by atoms with E-state index in [9.17, 15) is 0 Å². The highest BCUT2D eigenvalue weighted by Gasteiger charge is 2.04. The number of benzene rings is 2. The first-order valence-corrected chi connectivity index (χ1v) is 8.12. The van der Waals surface area contributed by atoms with Crippen molar-refractivity contribution in [1.82, 2.24) is 15.2 Å². The minimum atomic E-state index is 0.441. The summed E-state index contributed by atoms with van der Waals surface area (Å²) in [5, 5.41) is 14.4. The van der Waals surface area contributed by atoms with Crippen molar-refractivity contribution in [1.29, 1.82) is 0 Å². The topological polar surface area (TPSA) is 72.0 Å². The zero-order valence-electron chi connectivity index (χ0n) is 14.5. The van der Waals surface area contributed by atoms with Crippen LogP contribution in [0.15, 0.2) is 54.7 Å². The lowest BCUT2D eigenvalue weighted by Crippen LogP contribution is -2.02. The third kappa shape index (κ3) is 4.44. The predicted octanol–water partition coefficient (Wildman–Crippen LogP) is 4.49. The molecule has 2 N–H and O–H groups in total. The van der Waals surface area contributed by atoms with Gasteiger partial charge in [-0.05, 0) is 47.9 Å². The van der Waals surface area contributed by atoms with E-state index < -0.39 is 0 Å². The van der Waals surface area contributed by atoms with E-state index in [4.69, 9.17) is 4.74 Å². The Kier molecular flexibility index (Phi) is 5.09. The maximum Gasteiger partial charge on any atom is 0.249 e. The van der Waals surface area contributed by atoms with Gasteiger partial charge in [-0.2, -0.15) is 10.1 Å². The van der Waals surface area contributed by atoms with Gasteiger partial charge in [-0.1, -0.05) is 26.0 Å². The van der Waals surface area contributed by atoms with E-state index in [0.29, 0.717) is 17.7 Å². The second kappa shape index (κ2) is 7.61. The Labute approximate surface area is 147 Å². The minimum absolute atomic E-state index is 0.441. The fraction of sp³-hybridized carbons (Fsp3) is 0.211. The van der Waals surface area contributed by atoms with Crippen LogP contribution in [0.5, 0.6) is 5.75 Å². The maximum absolute atomic E-state index is 5.15. The largest absolute Gasteiger partial charge is 0.497 e. The number of anilines is 4. The molecule has 2 aromatic carbocycles. The molecule has 3 rings (SSSR count). The second-order valence-electron chi connectivity index (χ2n) is 5.92. The molecule has 6 heteroatoms. The Morgan fingerprint density at radius 3 is 2.16 bits per heavy atom. The summed E-state index contributed by atoms with van der Waals surface area (Å²) in [6.07, 6.45) is 1.58. The minimum Gasteiger partial charge on any atom is -0.497 e. The smallest absolute Gasteiger partial charge is 0.249 e. The molecule has 25 heavy (non-hydrogen) atoms. The highest BCUT2D eigenvalue weighted by atomic mass is 16.5. The summed E-state index contributed by atoms with van der Waals surface area (Å²) < 4.78 is 5.15. The molecule has 0 saturated carbocycles. The number of nitrogens with one attached hydrogen (secondary N) is 2. The van der Waals surface area contributed by atoms with Gasteiger partial charge in [-0.15, -0.1) is 5.10 Å². The predicted molar refractivity (Wildman–Crippen MR) is 99.9 cm³/mol. The summed E-state index contributed by atoms with van der Waals surface area (Å²) in [5.74, 6) is 2.36. The number of hydrogen-bond donors (Lipinski definition) is 2. The molecule has 0 saturated heterocycles. The van der Waals surface area contributed by atoms with Gasteiger partial charge in [0.1, 0.15) is 5.75 Å². The van der Waals surface area contributed by atoms with E-state index in [1.807, 2.05) is 36.4 Å². The molecule has 128 valence electrons. The molecule has 0 spiro atoms. The molecule has 0 aliphatic heterocycles. The fourth-order valence-corrected chi connectivity index (χ4v) is 2.32. The fourth-order valence-electron chi connectivity index (χ4n) is 2.32. The van der Waals surface area contributed by atoms with Crippen LogP contribution < -0.4 is 15.4 Å². The highest BCUT2D eigenvalue weighted by Crippen LogP contribution is 2.21. The molecule has 0 aliphatic rings. The number of methoxy groups -OCH3 is 1. The first-order chi connectivity index (χ1) is 12.1. The third-order valence-corrected chi connectivity index (χ3v) is 3.75. The molecule has 0 radical (unpaired) electrons. The van der Waals surface area contributed by atoms with E-state index in [1.165, 1.54) is 5.56 Å². The SMILES string of the molecule is COc1ccc(Nc2cnnc(Nc3ccc(C(C)C)cc3)n2)cc1. The molecular weight excluding hydrogens is 314 g/mol. The zero-order valence-corrected chi connectivity index (χ0v) is 14.5. The van der Waals surface area contributed by atoms with E-state index in [1.54, 1.807) is 13.3 Å². The molecular formula is C19H21N5O. The second-order valence-corrected chi connectivity index (χ2v) is 5.92. The molecule has 6 nitrogen and oxygen atoms in total.